The predicted octanol–water partition coefficient (Wildman–Crippen LogP) is 6.00. The first kappa shape index (κ1) is 17.4. The van der Waals surface area contributed by atoms with Gasteiger partial charge in [-0.15, -0.1) is 0 Å². The van der Waals surface area contributed by atoms with Crippen LogP contribution in [0.2, 0.25) is 5.02 Å². The molecular formula is C23H17ClO3. The molecule has 0 N–H and O–H groups in total. The van der Waals surface area contributed by atoms with E-state index in [4.69, 9.17) is 20.8 Å². The SMILES string of the molecule is Cc1oc2cc(OCc3ccc(Cl)cc3)ccc2c(=O)c1-c1ccccc1. The second-order valence-corrected chi connectivity index (χ2v) is 6.74. The molecule has 3 aromatic carbocycles. The summed E-state index contributed by atoms with van der Waals surface area (Å²) >= 11 is 5.90. The van der Waals surface area contributed by atoms with E-state index in [1.165, 1.54) is 0 Å². The lowest BCUT2D eigenvalue weighted by Gasteiger charge is -2.10. The van der Waals surface area contributed by atoms with Gasteiger partial charge in [0.2, 0.25) is 5.43 Å². The van der Waals surface area contributed by atoms with Gasteiger partial charge < -0.3 is 9.15 Å². The summed E-state index contributed by atoms with van der Waals surface area (Å²) in [6.45, 7) is 2.22. The second-order valence-electron chi connectivity index (χ2n) is 6.30. The molecule has 0 aliphatic carbocycles. The summed E-state index contributed by atoms with van der Waals surface area (Å²) in [4.78, 5) is 13.0. The zero-order chi connectivity index (χ0) is 18.8. The quantitative estimate of drug-likeness (QED) is 0.438. The molecular weight excluding hydrogens is 360 g/mol. The van der Waals surface area contributed by atoms with Crippen LogP contribution in [0.3, 0.4) is 0 Å². The van der Waals surface area contributed by atoms with Gasteiger partial charge in [-0.25, -0.2) is 0 Å². The van der Waals surface area contributed by atoms with Crippen molar-refractivity contribution in [2.24, 2.45) is 0 Å². The second kappa shape index (κ2) is 7.29. The molecule has 0 bridgehead atoms. The molecule has 0 aliphatic rings. The maximum absolute atomic E-state index is 13.0. The Morgan fingerprint density at radius 3 is 2.44 bits per heavy atom. The van der Waals surface area contributed by atoms with Crippen molar-refractivity contribution in [3.8, 4) is 16.9 Å². The van der Waals surface area contributed by atoms with Crippen molar-refractivity contribution in [1.82, 2.24) is 0 Å². The van der Waals surface area contributed by atoms with Crippen LogP contribution < -0.4 is 10.2 Å². The number of rotatable bonds is 4. The summed E-state index contributed by atoms with van der Waals surface area (Å²) in [6.07, 6.45) is 0. The van der Waals surface area contributed by atoms with Gasteiger partial charge in [-0.1, -0.05) is 54.1 Å². The summed E-state index contributed by atoms with van der Waals surface area (Å²) in [5.41, 5.74) is 2.94. The summed E-state index contributed by atoms with van der Waals surface area (Å²) in [7, 11) is 0. The third-order valence-electron chi connectivity index (χ3n) is 4.42. The van der Waals surface area contributed by atoms with Gasteiger partial charge in [-0.05, 0) is 42.3 Å². The van der Waals surface area contributed by atoms with Crippen molar-refractivity contribution in [3.63, 3.8) is 0 Å². The molecule has 0 atom stereocenters. The van der Waals surface area contributed by atoms with Crippen molar-refractivity contribution in [2.75, 3.05) is 0 Å². The van der Waals surface area contributed by atoms with E-state index in [1.807, 2.05) is 61.5 Å². The number of halogens is 1. The zero-order valence-corrected chi connectivity index (χ0v) is 15.5. The highest BCUT2D eigenvalue weighted by molar-refractivity contribution is 6.30. The molecule has 4 heteroatoms. The van der Waals surface area contributed by atoms with Gasteiger partial charge in [0.05, 0.1) is 10.9 Å². The Bertz CT molecular complexity index is 1150. The normalized spacial score (nSPS) is 10.9. The fourth-order valence-electron chi connectivity index (χ4n) is 3.06. The van der Waals surface area contributed by atoms with Crippen LogP contribution in [-0.2, 0) is 6.61 Å². The minimum atomic E-state index is -0.0378. The van der Waals surface area contributed by atoms with E-state index < -0.39 is 0 Å². The van der Waals surface area contributed by atoms with E-state index >= 15 is 0 Å². The minimum absolute atomic E-state index is 0.0378. The highest BCUT2D eigenvalue weighted by atomic mass is 35.5. The van der Waals surface area contributed by atoms with Gasteiger partial charge >= 0.3 is 0 Å². The molecule has 0 aliphatic heterocycles. The smallest absolute Gasteiger partial charge is 0.200 e. The number of benzene rings is 3. The monoisotopic (exact) mass is 376 g/mol. The Hall–Kier alpha value is -3.04. The molecule has 0 amide bonds. The van der Waals surface area contributed by atoms with Crippen LogP contribution in [0, 0.1) is 6.92 Å². The van der Waals surface area contributed by atoms with Crippen molar-refractivity contribution < 1.29 is 9.15 Å². The lowest BCUT2D eigenvalue weighted by atomic mass is 10.0. The van der Waals surface area contributed by atoms with Crippen molar-refractivity contribution in [1.29, 1.82) is 0 Å². The Morgan fingerprint density at radius 1 is 0.963 bits per heavy atom. The average Bonchev–Trinajstić information content (AvgIpc) is 2.68. The molecule has 0 fully saturated rings. The molecule has 0 radical (unpaired) electrons. The molecule has 27 heavy (non-hydrogen) atoms. The van der Waals surface area contributed by atoms with Crippen LogP contribution >= 0.6 is 11.6 Å². The van der Waals surface area contributed by atoms with E-state index in [9.17, 15) is 4.79 Å². The van der Waals surface area contributed by atoms with E-state index in [0.29, 0.717) is 39.7 Å². The highest BCUT2D eigenvalue weighted by Gasteiger charge is 2.13. The molecule has 0 saturated carbocycles. The third kappa shape index (κ3) is 3.60. The topological polar surface area (TPSA) is 39.4 Å². The fraction of sp³-hybridized carbons (Fsp3) is 0.0870. The largest absolute Gasteiger partial charge is 0.489 e. The average molecular weight is 377 g/mol. The van der Waals surface area contributed by atoms with Gasteiger partial charge in [0.15, 0.2) is 0 Å². The van der Waals surface area contributed by atoms with Crippen LogP contribution in [0.25, 0.3) is 22.1 Å². The number of aryl methyl sites for hydroxylation is 1. The maximum Gasteiger partial charge on any atom is 0.200 e. The molecule has 0 saturated heterocycles. The number of hydrogen-bond acceptors (Lipinski definition) is 3. The summed E-state index contributed by atoms with van der Waals surface area (Å²) in [5.74, 6) is 1.24. The van der Waals surface area contributed by atoms with E-state index in [1.54, 1.807) is 18.2 Å². The van der Waals surface area contributed by atoms with Gasteiger partial charge in [-0.3, -0.25) is 4.79 Å². The predicted molar refractivity (Wildman–Crippen MR) is 108 cm³/mol. The van der Waals surface area contributed by atoms with Crippen LogP contribution in [0.4, 0.5) is 0 Å². The molecule has 0 spiro atoms. The van der Waals surface area contributed by atoms with Crippen LogP contribution in [0.15, 0.2) is 82.0 Å². The molecule has 3 nitrogen and oxygen atoms in total. The zero-order valence-electron chi connectivity index (χ0n) is 14.7. The summed E-state index contributed by atoms with van der Waals surface area (Å²) in [6, 6.07) is 22.4. The Kier molecular flexibility index (Phi) is 4.69. The van der Waals surface area contributed by atoms with Crippen molar-refractivity contribution in [3.05, 3.63) is 99.4 Å². The molecule has 0 unspecified atom stereocenters. The lowest BCUT2D eigenvalue weighted by molar-refractivity contribution is 0.306. The van der Waals surface area contributed by atoms with Crippen molar-refractivity contribution in [2.45, 2.75) is 13.5 Å². The van der Waals surface area contributed by atoms with E-state index in [2.05, 4.69) is 0 Å². The van der Waals surface area contributed by atoms with E-state index in [-0.39, 0.29) is 5.43 Å². The molecule has 4 rings (SSSR count). The highest BCUT2D eigenvalue weighted by Crippen LogP contribution is 2.26. The molecule has 1 heterocycles. The van der Waals surface area contributed by atoms with Crippen LogP contribution in [0.5, 0.6) is 5.75 Å². The first-order valence-corrected chi connectivity index (χ1v) is 9.00. The number of hydrogen-bond donors (Lipinski definition) is 0. The van der Waals surface area contributed by atoms with Gasteiger partial charge in [-0.2, -0.15) is 0 Å². The maximum atomic E-state index is 13.0. The first-order valence-electron chi connectivity index (χ1n) is 8.62. The van der Waals surface area contributed by atoms with Crippen LogP contribution in [-0.4, -0.2) is 0 Å². The Labute approximate surface area is 161 Å². The van der Waals surface area contributed by atoms with Crippen LogP contribution in [0.1, 0.15) is 11.3 Å². The lowest BCUT2D eigenvalue weighted by Crippen LogP contribution is -2.07. The molecule has 134 valence electrons. The summed E-state index contributed by atoms with van der Waals surface area (Å²) in [5, 5.41) is 1.23. The number of ether oxygens (including phenoxy) is 1. The minimum Gasteiger partial charge on any atom is -0.489 e. The number of fused-ring (bicyclic) bond motifs is 1. The molecule has 1 aromatic heterocycles. The Morgan fingerprint density at radius 2 is 1.70 bits per heavy atom. The third-order valence-corrected chi connectivity index (χ3v) is 4.67. The van der Waals surface area contributed by atoms with Gasteiger partial charge in [0.25, 0.3) is 0 Å². The van der Waals surface area contributed by atoms with E-state index in [0.717, 1.165) is 11.1 Å². The fourth-order valence-corrected chi connectivity index (χ4v) is 3.19. The van der Waals surface area contributed by atoms with Gasteiger partial charge in [0.1, 0.15) is 23.7 Å². The standard InChI is InChI=1S/C23H17ClO3/c1-15-22(17-5-3-2-4-6-17)23(25)20-12-11-19(13-21(20)27-15)26-14-16-7-9-18(24)10-8-16/h2-13H,14H2,1H3. The first-order chi connectivity index (χ1) is 13.1. The van der Waals surface area contributed by atoms with Gasteiger partial charge in [0, 0.05) is 11.1 Å². The summed E-state index contributed by atoms with van der Waals surface area (Å²) < 4.78 is 11.8. The van der Waals surface area contributed by atoms with Crippen molar-refractivity contribution >= 4 is 22.6 Å². The Balaban J connectivity index is 1.67. The molecule has 4 aromatic rings.